The Hall–Kier alpha value is -1.62. The van der Waals surface area contributed by atoms with Crippen LogP contribution in [0.15, 0.2) is 24.3 Å². The zero-order chi connectivity index (χ0) is 13.8. The van der Waals surface area contributed by atoms with E-state index < -0.39 is 6.10 Å². The van der Waals surface area contributed by atoms with Crippen molar-refractivity contribution in [3.8, 4) is 5.75 Å². The van der Waals surface area contributed by atoms with Gasteiger partial charge < -0.3 is 15.8 Å². The second kappa shape index (κ2) is 6.02. The first-order valence-corrected chi connectivity index (χ1v) is 6.52. The Morgan fingerprint density at radius 1 is 1.47 bits per heavy atom. The van der Waals surface area contributed by atoms with Gasteiger partial charge in [0.05, 0.1) is 0 Å². The number of rotatable bonds is 6. The van der Waals surface area contributed by atoms with Crippen LogP contribution in [0.5, 0.6) is 5.75 Å². The number of carbonyl (C=O) groups excluding carboxylic acids is 1. The van der Waals surface area contributed by atoms with Crippen LogP contribution in [0.25, 0.3) is 0 Å². The van der Waals surface area contributed by atoms with Crippen molar-refractivity contribution in [1.29, 1.82) is 0 Å². The largest absolute Gasteiger partial charge is 0.481 e. The lowest BCUT2D eigenvalue weighted by Crippen LogP contribution is -2.43. The molecule has 2 rings (SSSR count). The molecule has 104 valence electrons. The van der Waals surface area contributed by atoms with E-state index in [0.717, 1.165) is 12.8 Å². The third kappa shape index (κ3) is 4.21. The number of ether oxygens (including phenoxy) is 1. The number of halogens is 1. The first-order chi connectivity index (χ1) is 9.06. The Kier molecular flexibility index (Phi) is 4.37. The monoisotopic (exact) mass is 266 g/mol. The summed E-state index contributed by atoms with van der Waals surface area (Å²) in [6.07, 6.45) is 1.68. The van der Waals surface area contributed by atoms with Gasteiger partial charge in [-0.1, -0.05) is 0 Å². The predicted octanol–water partition coefficient (Wildman–Crippen LogP) is 1.45. The number of carbonyl (C=O) groups is 1. The summed E-state index contributed by atoms with van der Waals surface area (Å²) in [5.74, 6) is 0.476. The van der Waals surface area contributed by atoms with Crippen LogP contribution in [0.1, 0.15) is 19.8 Å². The van der Waals surface area contributed by atoms with Gasteiger partial charge in [0.2, 0.25) is 0 Å². The molecule has 0 spiro atoms. The fourth-order valence-electron chi connectivity index (χ4n) is 1.82. The van der Waals surface area contributed by atoms with Crippen molar-refractivity contribution in [2.24, 2.45) is 11.7 Å². The second-order valence-electron chi connectivity index (χ2n) is 4.96. The van der Waals surface area contributed by atoms with E-state index in [1.165, 1.54) is 24.3 Å². The van der Waals surface area contributed by atoms with Gasteiger partial charge in [0.1, 0.15) is 11.6 Å². The van der Waals surface area contributed by atoms with E-state index in [-0.39, 0.29) is 17.8 Å². The molecule has 2 atom stereocenters. The molecular formula is C14H19FN2O2. The normalized spacial score (nSPS) is 17.6. The minimum Gasteiger partial charge on any atom is -0.481 e. The molecule has 2 unspecified atom stereocenters. The van der Waals surface area contributed by atoms with Crippen LogP contribution in [0.2, 0.25) is 0 Å². The number of nitrogens with two attached hydrogens (primary N) is 1. The quantitative estimate of drug-likeness (QED) is 0.819. The van der Waals surface area contributed by atoms with Crippen LogP contribution < -0.4 is 15.8 Å². The highest BCUT2D eigenvalue weighted by molar-refractivity contribution is 5.80. The molecule has 4 nitrogen and oxygen atoms in total. The summed E-state index contributed by atoms with van der Waals surface area (Å²) >= 11 is 0. The molecule has 1 aromatic rings. The van der Waals surface area contributed by atoms with Crippen molar-refractivity contribution in [3.05, 3.63) is 30.1 Å². The van der Waals surface area contributed by atoms with Gasteiger partial charge in [-0.2, -0.15) is 0 Å². The van der Waals surface area contributed by atoms with E-state index in [9.17, 15) is 9.18 Å². The maximum atomic E-state index is 12.7. The molecule has 0 aliphatic heterocycles. The summed E-state index contributed by atoms with van der Waals surface area (Å²) in [6.45, 7) is 2.13. The molecule has 1 aromatic carbocycles. The van der Waals surface area contributed by atoms with Crippen LogP contribution in [-0.2, 0) is 4.79 Å². The standard InChI is InChI=1S/C14H19FN2O2/c1-9(19-12-6-4-11(15)5-7-12)14(18)17-8-13(16)10-2-3-10/h4-7,9-10,13H,2-3,8,16H2,1H3,(H,17,18). The van der Waals surface area contributed by atoms with E-state index in [0.29, 0.717) is 18.2 Å². The van der Waals surface area contributed by atoms with Crippen molar-refractivity contribution in [1.82, 2.24) is 5.32 Å². The van der Waals surface area contributed by atoms with Crippen LogP contribution >= 0.6 is 0 Å². The summed E-state index contributed by atoms with van der Waals surface area (Å²) in [5.41, 5.74) is 5.90. The molecule has 1 aliphatic carbocycles. The SMILES string of the molecule is CC(Oc1ccc(F)cc1)C(=O)NCC(N)C1CC1. The van der Waals surface area contributed by atoms with Gasteiger partial charge in [-0.25, -0.2) is 4.39 Å². The number of amides is 1. The summed E-state index contributed by atoms with van der Waals surface area (Å²) < 4.78 is 18.1. The Morgan fingerprint density at radius 3 is 2.68 bits per heavy atom. The number of hydrogen-bond donors (Lipinski definition) is 2. The Balaban J connectivity index is 1.76. The lowest BCUT2D eigenvalue weighted by molar-refractivity contribution is -0.127. The molecule has 0 heterocycles. The van der Waals surface area contributed by atoms with Gasteiger partial charge >= 0.3 is 0 Å². The van der Waals surface area contributed by atoms with Crippen LogP contribution in [0.3, 0.4) is 0 Å². The highest BCUT2D eigenvalue weighted by atomic mass is 19.1. The van der Waals surface area contributed by atoms with Crippen molar-refractivity contribution < 1.29 is 13.9 Å². The Labute approximate surface area is 112 Å². The van der Waals surface area contributed by atoms with Gasteiger partial charge in [0.25, 0.3) is 5.91 Å². The molecule has 0 radical (unpaired) electrons. The maximum absolute atomic E-state index is 12.7. The van der Waals surface area contributed by atoms with Crippen molar-refractivity contribution in [2.45, 2.75) is 31.9 Å². The molecule has 1 fully saturated rings. The fourth-order valence-corrected chi connectivity index (χ4v) is 1.82. The van der Waals surface area contributed by atoms with E-state index in [4.69, 9.17) is 10.5 Å². The first kappa shape index (κ1) is 13.8. The highest BCUT2D eigenvalue weighted by Gasteiger charge is 2.28. The smallest absolute Gasteiger partial charge is 0.260 e. The van der Waals surface area contributed by atoms with Gasteiger partial charge in [0, 0.05) is 12.6 Å². The molecule has 19 heavy (non-hydrogen) atoms. The third-order valence-electron chi connectivity index (χ3n) is 3.24. The Morgan fingerprint density at radius 2 is 2.11 bits per heavy atom. The molecule has 0 saturated heterocycles. The van der Waals surface area contributed by atoms with Crippen molar-refractivity contribution >= 4 is 5.91 Å². The average molecular weight is 266 g/mol. The van der Waals surface area contributed by atoms with Crippen LogP contribution in [-0.4, -0.2) is 24.6 Å². The predicted molar refractivity (Wildman–Crippen MR) is 70.2 cm³/mol. The summed E-state index contributed by atoms with van der Waals surface area (Å²) in [7, 11) is 0. The van der Waals surface area contributed by atoms with E-state index in [2.05, 4.69) is 5.32 Å². The van der Waals surface area contributed by atoms with E-state index in [1.54, 1.807) is 6.92 Å². The second-order valence-corrected chi connectivity index (χ2v) is 4.96. The summed E-state index contributed by atoms with van der Waals surface area (Å²) in [5, 5.41) is 2.77. The lowest BCUT2D eigenvalue weighted by Gasteiger charge is -2.16. The topological polar surface area (TPSA) is 64.3 Å². The molecular weight excluding hydrogens is 247 g/mol. The highest BCUT2D eigenvalue weighted by Crippen LogP contribution is 2.31. The number of benzene rings is 1. The number of hydrogen-bond acceptors (Lipinski definition) is 3. The van der Waals surface area contributed by atoms with E-state index >= 15 is 0 Å². The first-order valence-electron chi connectivity index (χ1n) is 6.52. The molecule has 1 aliphatic rings. The average Bonchev–Trinajstić information content (AvgIpc) is 3.22. The molecule has 0 aromatic heterocycles. The lowest BCUT2D eigenvalue weighted by atomic mass is 10.2. The Bertz CT molecular complexity index is 432. The molecule has 1 saturated carbocycles. The van der Waals surface area contributed by atoms with Gasteiger partial charge in [-0.3, -0.25) is 4.79 Å². The van der Waals surface area contributed by atoms with E-state index in [1.807, 2.05) is 0 Å². The van der Waals surface area contributed by atoms with Crippen LogP contribution in [0, 0.1) is 11.7 Å². The van der Waals surface area contributed by atoms with Gasteiger partial charge in [-0.05, 0) is 49.9 Å². The van der Waals surface area contributed by atoms with Crippen molar-refractivity contribution in [3.63, 3.8) is 0 Å². The number of nitrogens with one attached hydrogen (secondary N) is 1. The molecule has 0 bridgehead atoms. The molecule has 3 N–H and O–H groups in total. The molecule has 1 amide bonds. The summed E-state index contributed by atoms with van der Waals surface area (Å²) in [4.78, 5) is 11.8. The van der Waals surface area contributed by atoms with Crippen molar-refractivity contribution in [2.75, 3.05) is 6.54 Å². The fraction of sp³-hybridized carbons (Fsp3) is 0.500. The van der Waals surface area contributed by atoms with Gasteiger partial charge in [-0.15, -0.1) is 0 Å². The minimum absolute atomic E-state index is 0.0296. The zero-order valence-electron chi connectivity index (χ0n) is 10.9. The van der Waals surface area contributed by atoms with Gasteiger partial charge in [0.15, 0.2) is 6.10 Å². The summed E-state index contributed by atoms with van der Waals surface area (Å²) in [6, 6.07) is 5.61. The minimum atomic E-state index is -0.628. The third-order valence-corrected chi connectivity index (χ3v) is 3.24. The zero-order valence-corrected chi connectivity index (χ0v) is 10.9. The molecule has 5 heteroatoms. The van der Waals surface area contributed by atoms with Crippen LogP contribution in [0.4, 0.5) is 4.39 Å². The maximum Gasteiger partial charge on any atom is 0.260 e.